The van der Waals surface area contributed by atoms with Gasteiger partial charge in [0.15, 0.2) is 0 Å². The predicted molar refractivity (Wildman–Crippen MR) is 101 cm³/mol. The molecule has 4 rings (SSSR count). The zero-order valence-corrected chi connectivity index (χ0v) is 15.1. The number of carbonyl (C=O) groups excluding carboxylic acids is 2. The van der Waals surface area contributed by atoms with Crippen LogP contribution < -0.4 is 5.73 Å². The Hall–Kier alpha value is -2.67. The van der Waals surface area contributed by atoms with Crippen molar-refractivity contribution in [1.82, 2.24) is 14.5 Å². The van der Waals surface area contributed by atoms with Crippen molar-refractivity contribution in [3.8, 4) is 0 Å². The van der Waals surface area contributed by atoms with Crippen molar-refractivity contribution in [1.29, 1.82) is 0 Å². The molecule has 2 aromatic heterocycles. The van der Waals surface area contributed by atoms with Gasteiger partial charge in [0.1, 0.15) is 12.4 Å². The minimum Gasteiger partial charge on any atom is -0.368 e. The second-order valence-electron chi connectivity index (χ2n) is 6.59. The van der Waals surface area contributed by atoms with Crippen LogP contribution in [0.5, 0.6) is 0 Å². The van der Waals surface area contributed by atoms with Gasteiger partial charge in [-0.3, -0.25) is 9.59 Å². The number of benzene rings is 1. The van der Waals surface area contributed by atoms with Crippen LogP contribution in [0, 0.1) is 0 Å². The zero-order chi connectivity index (χ0) is 18.1. The fraction of sp³-hybridized carbons (Fsp3) is 0.316. The summed E-state index contributed by atoms with van der Waals surface area (Å²) in [5.74, 6) is 0.861. The van der Waals surface area contributed by atoms with E-state index in [-0.39, 0.29) is 24.3 Å². The third kappa shape index (κ3) is 3.22. The Morgan fingerprint density at radius 3 is 2.73 bits per heavy atom. The van der Waals surface area contributed by atoms with Gasteiger partial charge in [-0.25, -0.2) is 4.98 Å². The minimum atomic E-state index is -0.373. The number of primary amides is 1. The highest BCUT2D eigenvalue weighted by molar-refractivity contribution is 7.20. The number of likely N-dealkylation sites (tertiary alicyclic amines) is 1. The fourth-order valence-corrected chi connectivity index (χ4v) is 4.60. The second kappa shape index (κ2) is 6.92. The van der Waals surface area contributed by atoms with Crippen LogP contribution in [-0.2, 0) is 11.3 Å². The van der Waals surface area contributed by atoms with Gasteiger partial charge in [-0.2, -0.15) is 0 Å². The molecule has 7 heteroatoms. The Morgan fingerprint density at radius 1 is 1.23 bits per heavy atom. The van der Waals surface area contributed by atoms with Gasteiger partial charge in [-0.05, 0) is 30.4 Å². The molecule has 1 aromatic carbocycles. The van der Waals surface area contributed by atoms with E-state index < -0.39 is 0 Å². The number of nitrogens with two attached hydrogens (primary N) is 1. The van der Waals surface area contributed by atoms with Gasteiger partial charge in [0, 0.05) is 36.1 Å². The Kier molecular flexibility index (Phi) is 4.46. The zero-order valence-electron chi connectivity index (χ0n) is 14.3. The first-order valence-corrected chi connectivity index (χ1v) is 9.50. The van der Waals surface area contributed by atoms with Crippen LogP contribution in [0.15, 0.2) is 42.7 Å². The first-order valence-electron chi connectivity index (χ1n) is 8.69. The maximum absolute atomic E-state index is 12.8. The van der Waals surface area contributed by atoms with Crippen LogP contribution in [-0.4, -0.2) is 39.4 Å². The highest BCUT2D eigenvalue weighted by Crippen LogP contribution is 2.30. The molecule has 2 N–H and O–H groups in total. The van der Waals surface area contributed by atoms with Crippen molar-refractivity contribution >= 4 is 33.2 Å². The van der Waals surface area contributed by atoms with Crippen molar-refractivity contribution in [2.45, 2.75) is 25.3 Å². The predicted octanol–water partition coefficient (Wildman–Crippen LogP) is 2.60. The minimum absolute atomic E-state index is 0.102. The highest BCUT2D eigenvalue weighted by atomic mass is 32.1. The number of rotatable bonds is 4. The van der Waals surface area contributed by atoms with Crippen LogP contribution in [0.25, 0.3) is 10.1 Å². The number of fused-ring (bicyclic) bond motifs is 1. The van der Waals surface area contributed by atoms with E-state index in [0.717, 1.165) is 33.6 Å². The van der Waals surface area contributed by atoms with Crippen molar-refractivity contribution in [2.75, 3.05) is 13.1 Å². The third-order valence-electron chi connectivity index (χ3n) is 4.86. The molecule has 1 fully saturated rings. The summed E-state index contributed by atoms with van der Waals surface area (Å²) in [6.07, 6.45) is 5.17. The average Bonchev–Trinajstić information content (AvgIpc) is 3.27. The quantitative estimate of drug-likeness (QED) is 0.768. The normalized spacial score (nSPS) is 15.5. The fourth-order valence-electron chi connectivity index (χ4n) is 3.57. The molecule has 1 aliphatic heterocycles. The topological polar surface area (TPSA) is 81.2 Å². The van der Waals surface area contributed by atoms with Crippen LogP contribution in [0.3, 0.4) is 0 Å². The summed E-state index contributed by atoms with van der Waals surface area (Å²) in [4.78, 5) is 31.1. The lowest BCUT2D eigenvalue weighted by molar-refractivity contribution is -0.118. The Labute approximate surface area is 155 Å². The number of aromatic nitrogens is 2. The maximum Gasteiger partial charge on any atom is 0.263 e. The highest BCUT2D eigenvalue weighted by Gasteiger charge is 2.27. The molecule has 0 radical (unpaired) electrons. The smallest absolute Gasteiger partial charge is 0.263 e. The maximum atomic E-state index is 12.8. The molecule has 1 aliphatic rings. The van der Waals surface area contributed by atoms with E-state index in [9.17, 15) is 9.59 Å². The van der Waals surface area contributed by atoms with E-state index in [1.807, 2.05) is 39.8 Å². The Morgan fingerprint density at radius 2 is 2.00 bits per heavy atom. The lowest BCUT2D eigenvalue weighted by Crippen LogP contribution is -2.38. The summed E-state index contributed by atoms with van der Waals surface area (Å²) in [6.45, 7) is 1.54. The van der Waals surface area contributed by atoms with Gasteiger partial charge < -0.3 is 15.2 Å². The number of hydrogen-bond acceptors (Lipinski definition) is 4. The van der Waals surface area contributed by atoms with Gasteiger partial charge in [0.25, 0.3) is 5.91 Å². The van der Waals surface area contributed by atoms with Crippen molar-refractivity contribution < 1.29 is 9.59 Å². The molecule has 0 spiro atoms. The third-order valence-corrected chi connectivity index (χ3v) is 5.96. The molecule has 0 unspecified atom stereocenters. The molecular formula is C19H20N4O2S. The molecule has 3 aromatic rings. The van der Waals surface area contributed by atoms with E-state index in [1.165, 1.54) is 0 Å². The van der Waals surface area contributed by atoms with Gasteiger partial charge >= 0.3 is 0 Å². The van der Waals surface area contributed by atoms with E-state index in [0.29, 0.717) is 13.1 Å². The van der Waals surface area contributed by atoms with Crippen LogP contribution in [0.1, 0.15) is 34.3 Å². The molecule has 0 atom stereocenters. The number of piperidine rings is 1. The molecule has 134 valence electrons. The molecule has 6 nitrogen and oxygen atoms in total. The van der Waals surface area contributed by atoms with E-state index >= 15 is 0 Å². The van der Waals surface area contributed by atoms with Crippen molar-refractivity contribution in [3.63, 3.8) is 0 Å². The first-order chi connectivity index (χ1) is 12.6. The van der Waals surface area contributed by atoms with Crippen molar-refractivity contribution in [3.05, 3.63) is 53.4 Å². The van der Waals surface area contributed by atoms with Gasteiger partial charge in [0.2, 0.25) is 5.91 Å². The molecule has 3 heterocycles. The number of hydrogen-bond donors (Lipinski definition) is 1. The molecule has 0 bridgehead atoms. The van der Waals surface area contributed by atoms with Crippen LogP contribution in [0.4, 0.5) is 0 Å². The summed E-state index contributed by atoms with van der Waals surface area (Å²) < 4.78 is 2.95. The second-order valence-corrected chi connectivity index (χ2v) is 7.68. The van der Waals surface area contributed by atoms with E-state index in [4.69, 9.17) is 5.73 Å². The molecule has 0 saturated carbocycles. The summed E-state index contributed by atoms with van der Waals surface area (Å²) in [5.41, 5.74) is 5.30. The van der Waals surface area contributed by atoms with Gasteiger partial charge in [0.05, 0.1) is 4.88 Å². The van der Waals surface area contributed by atoms with E-state index in [1.54, 1.807) is 23.7 Å². The Balaban J connectivity index is 1.44. The van der Waals surface area contributed by atoms with Gasteiger partial charge in [-0.15, -0.1) is 11.3 Å². The van der Waals surface area contributed by atoms with Crippen LogP contribution in [0.2, 0.25) is 0 Å². The average molecular weight is 368 g/mol. The van der Waals surface area contributed by atoms with Crippen LogP contribution >= 0.6 is 11.3 Å². The summed E-state index contributed by atoms with van der Waals surface area (Å²) in [5, 5.41) is 1.12. The number of nitrogens with zero attached hydrogens (tertiary/aromatic N) is 3. The standard InChI is InChI=1S/C19H20N4O2S/c20-17(24)12-23-10-7-21-18(23)13-5-8-22(9-6-13)19(25)16-11-14-3-1-2-4-15(14)26-16/h1-4,7,10-11,13H,5-6,8-9,12H2,(H2,20,24). The molecule has 2 amide bonds. The lowest BCUT2D eigenvalue weighted by atomic mass is 9.95. The number of amides is 2. The summed E-state index contributed by atoms with van der Waals surface area (Å²) in [7, 11) is 0. The summed E-state index contributed by atoms with van der Waals surface area (Å²) >= 11 is 1.55. The Bertz CT molecular complexity index is 920. The monoisotopic (exact) mass is 368 g/mol. The number of thiophene rings is 1. The number of carbonyl (C=O) groups is 2. The first kappa shape index (κ1) is 16.8. The molecular weight excluding hydrogens is 348 g/mol. The lowest BCUT2D eigenvalue weighted by Gasteiger charge is -2.31. The SMILES string of the molecule is NC(=O)Cn1ccnc1C1CCN(C(=O)c2cc3ccccc3s2)CC1. The van der Waals surface area contributed by atoms with Gasteiger partial charge in [-0.1, -0.05) is 18.2 Å². The molecule has 0 aliphatic carbocycles. The van der Waals surface area contributed by atoms with E-state index in [2.05, 4.69) is 4.98 Å². The number of imidazole rings is 1. The molecule has 1 saturated heterocycles. The van der Waals surface area contributed by atoms with Crippen molar-refractivity contribution in [2.24, 2.45) is 5.73 Å². The largest absolute Gasteiger partial charge is 0.368 e. The molecule has 26 heavy (non-hydrogen) atoms. The summed E-state index contributed by atoms with van der Waals surface area (Å²) in [6, 6.07) is 10.0.